The normalized spacial score (nSPS) is 20.2. The second-order valence-electron chi connectivity index (χ2n) is 6.15. The quantitative estimate of drug-likeness (QED) is 0.750. The van der Waals surface area contributed by atoms with Crippen molar-refractivity contribution in [1.82, 2.24) is 14.9 Å². The Morgan fingerprint density at radius 1 is 1.35 bits per heavy atom. The molecule has 2 heterocycles. The number of Topliss-reactive ketones (excluding diaryl/α,β-unsaturated/α-hetero) is 2. The number of allylic oxidation sites excluding steroid dienone is 2. The summed E-state index contributed by atoms with van der Waals surface area (Å²) in [7, 11) is 0. The van der Waals surface area contributed by atoms with Gasteiger partial charge in [-0.1, -0.05) is 11.6 Å². The van der Waals surface area contributed by atoms with Crippen molar-refractivity contribution in [2.24, 2.45) is 0 Å². The molecule has 0 unspecified atom stereocenters. The van der Waals surface area contributed by atoms with E-state index in [0.717, 1.165) is 0 Å². The van der Waals surface area contributed by atoms with Crippen LogP contribution >= 0.6 is 27.5 Å². The molecule has 2 N–H and O–H groups in total. The van der Waals surface area contributed by atoms with Crippen LogP contribution in [0.4, 0.5) is 4.39 Å². The van der Waals surface area contributed by atoms with Gasteiger partial charge in [-0.3, -0.25) is 9.59 Å². The van der Waals surface area contributed by atoms with Crippen molar-refractivity contribution >= 4 is 39.1 Å². The molecule has 0 bridgehead atoms. The third-order valence-electron chi connectivity index (χ3n) is 4.44. The molecular weight excluding hydrogens is 429 g/mol. The second kappa shape index (κ2) is 6.29. The molecule has 0 radical (unpaired) electrons. The summed E-state index contributed by atoms with van der Waals surface area (Å²) in [6, 6.07) is 4.37. The molecule has 2 aromatic rings. The van der Waals surface area contributed by atoms with E-state index in [-0.39, 0.29) is 34.5 Å². The molecule has 2 aliphatic rings. The number of hydrogen-bond acceptors (Lipinski definition) is 5. The third kappa shape index (κ3) is 2.69. The Morgan fingerprint density at radius 2 is 2.12 bits per heavy atom. The Kier molecular flexibility index (Phi) is 4.21. The molecule has 0 spiro atoms. The second-order valence-corrected chi connectivity index (χ2v) is 7.38. The summed E-state index contributed by atoms with van der Waals surface area (Å²) in [5, 5.41) is 9.50. The molecule has 1 aromatic carbocycles. The van der Waals surface area contributed by atoms with Gasteiger partial charge in [-0.2, -0.15) is 0 Å². The number of carbonyl (C=O) groups excluding carboxylic acids is 2. The highest BCUT2D eigenvalue weighted by Gasteiger charge is 2.39. The highest BCUT2D eigenvalue weighted by Crippen LogP contribution is 2.33. The highest BCUT2D eigenvalue weighted by atomic mass is 79.9. The number of carbonyl (C=O) groups is 2. The zero-order chi connectivity index (χ0) is 18.6. The Labute approximate surface area is 160 Å². The minimum absolute atomic E-state index is 0.0122. The van der Waals surface area contributed by atoms with E-state index in [0.29, 0.717) is 23.0 Å². The molecule has 26 heavy (non-hydrogen) atoms. The van der Waals surface area contributed by atoms with Gasteiger partial charge in [0.05, 0.1) is 10.6 Å². The summed E-state index contributed by atoms with van der Waals surface area (Å²) in [5.41, 5.74) is 0.395. The molecule has 0 amide bonds. The SMILES string of the molecule is O=C1C(N2CC[C@H](O)C2)=C(Cl)C(=O)c2[nH]c(-c3ccc(Br)c(F)c3)nc21. The third-order valence-corrected chi connectivity index (χ3v) is 5.43. The lowest BCUT2D eigenvalue weighted by atomic mass is 10.0. The minimum Gasteiger partial charge on any atom is -0.391 e. The number of β-amino-alcohol motifs (C(OH)–C–C–N with tert-alkyl or cyclic N) is 1. The van der Waals surface area contributed by atoms with E-state index in [1.54, 1.807) is 11.0 Å². The number of aliphatic hydroxyl groups is 1. The number of ketones is 2. The minimum atomic E-state index is -0.572. The smallest absolute Gasteiger partial charge is 0.231 e. The van der Waals surface area contributed by atoms with Crippen molar-refractivity contribution in [3.63, 3.8) is 0 Å². The zero-order valence-electron chi connectivity index (χ0n) is 13.2. The molecule has 134 valence electrons. The summed E-state index contributed by atoms with van der Waals surface area (Å²) >= 11 is 9.23. The number of fused-ring (bicyclic) bond motifs is 1. The molecule has 6 nitrogen and oxygen atoms in total. The topological polar surface area (TPSA) is 86.3 Å². The number of halogens is 3. The van der Waals surface area contributed by atoms with Crippen molar-refractivity contribution in [2.45, 2.75) is 12.5 Å². The van der Waals surface area contributed by atoms with Crippen molar-refractivity contribution in [2.75, 3.05) is 13.1 Å². The van der Waals surface area contributed by atoms with E-state index < -0.39 is 23.5 Å². The van der Waals surface area contributed by atoms with Crippen molar-refractivity contribution in [3.8, 4) is 11.4 Å². The van der Waals surface area contributed by atoms with E-state index in [4.69, 9.17) is 11.6 Å². The molecule has 1 aliphatic carbocycles. The van der Waals surface area contributed by atoms with Crippen LogP contribution in [0.25, 0.3) is 11.4 Å². The number of nitrogens with one attached hydrogen (secondary N) is 1. The van der Waals surface area contributed by atoms with Gasteiger partial charge < -0.3 is 15.0 Å². The van der Waals surface area contributed by atoms with Gasteiger partial charge in [0, 0.05) is 18.7 Å². The molecule has 1 saturated heterocycles. The van der Waals surface area contributed by atoms with Gasteiger partial charge in [-0.25, -0.2) is 9.37 Å². The molecule has 1 aromatic heterocycles. The van der Waals surface area contributed by atoms with Crippen LogP contribution in [0, 0.1) is 5.82 Å². The first-order valence-electron chi connectivity index (χ1n) is 7.84. The van der Waals surface area contributed by atoms with Crippen molar-refractivity contribution in [3.05, 3.63) is 50.6 Å². The van der Waals surface area contributed by atoms with Crippen molar-refractivity contribution < 1.29 is 19.1 Å². The van der Waals surface area contributed by atoms with E-state index in [9.17, 15) is 19.1 Å². The van der Waals surface area contributed by atoms with Gasteiger partial charge in [0.2, 0.25) is 11.6 Å². The molecule has 1 fully saturated rings. The number of benzene rings is 1. The lowest BCUT2D eigenvalue weighted by Gasteiger charge is -2.23. The van der Waals surface area contributed by atoms with E-state index in [1.807, 2.05) is 0 Å². The van der Waals surface area contributed by atoms with Gasteiger partial charge in [-0.05, 0) is 40.5 Å². The lowest BCUT2D eigenvalue weighted by Crippen LogP contribution is -2.32. The van der Waals surface area contributed by atoms with Gasteiger partial charge >= 0.3 is 0 Å². The average Bonchev–Trinajstić information content (AvgIpc) is 3.23. The fourth-order valence-electron chi connectivity index (χ4n) is 3.14. The van der Waals surface area contributed by atoms with Crippen LogP contribution in [0.15, 0.2) is 33.4 Å². The molecule has 4 rings (SSSR count). The summed E-state index contributed by atoms with van der Waals surface area (Å²) in [4.78, 5) is 34.0. The maximum Gasteiger partial charge on any atom is 0.231 e. The Bertz CT molecular complexity index is 988. The molecule has 1 atom stereocenters. The first kappa shape index (κ1) is 17.4. The van der Waals surface area contributed by atoms with Crippen molar-refractivity contribution in [1.29, 1.82) is 0 Å². The predicted octanol–water partition coefficient (Wildman–Crippen LogP) is 2.87. The summed E-state index contributed by atoms with van der Waals surface area (Å²) in [6.07, 6.45) is -0.0804. The van der Waals surface area contributed by atoms with Crippen LogP contribution < -0.4 is 0 Å². The Balaban J connectivity index is 1.76. The van der Waals surface area contributed by atoms with Crippen LogP contribution in [0.2, 0.25) is 0 Å². The van der Waals surface area contributed by atoms with Gasteiger partial charge in [0.15, 0.2) is 0 Å². The predicted molar refractivity (Wildman–Crippen MR) is 95.4 cm³/mol. The molecular formula is C17H12BrClFN3O3. The van der Waals surface area contributed by atoms with Crippen LogP contribution in [-0.4, -0.2) is 50.7 Å². The first-order valence-corrected chi connectivity index (χ1v) is 9.01. The molecule has 1 aliphatic heterocycles. The first-order chi connectivity index (χ1) is 12.4. The van der Waals surface area contributed by atoms with E-state index in [2.05, 4.69) is 25.9 Å². The Morgan fingerprint density at radius 3 is 2.77 bits per heavy atom. The number of nitrogens with zero attached hydrogens (tertiary/aromatic N) is 2. The lowest BCUT2D eigenvalue weighted by molar-refractivity contribution is 0.0943. The number of aromatic amines is 1. The Hall–Kier alpha value is -2.03. The zero-order valence-corrected chi connectivity index (χ0v) is 15.6. The molecule has 9 heteroatoms. The van der Waals surface area contributed by atoms with Crippen LogP contribution in [-0.2, 0) is 0 Å². The maximum atomic E-state index is 13.8. The largest absolute Gasteiger partial charge is 0.391 e. The average molecular weight is 441 g/mol. The number of aliphatic hydroxyl groups excluding tert-OH is 1. The molecule has 0 saturated carbocycles. The van der Waals surface area contributed by atoms with Gasteiger partial charge in [-0.15, -0.1) is 0 Å². The number of likely N-dealkylation sites (tertiary alicyclic amines) is 1. The monoisotopic (exact) mass is 439 g/mol. The van der Waals surface area contributed by atoms with E-state index in [1.165, 1.54) is 12.1 Å². The number of hydrogen-bond donors (Lipinski definition) is 2. The summed E-state index contributed by atoms with van der Waals surface area (Å²) in [6.45, 7) is 0.658. The van der Waals surface area contributed by atoms with E-state index >= 15 is 0 Å². The summed E-state index contributed by atoms with van der Waals surface area (Å²) < 4.78 is 14.1. The summed E-state index contributed by atoms with van der Waals surface area (Å²) in [5.74, 6) is -1.32. The van der Waals surface area contributed by atoms with Gasteiger partial charge in [0.25, 0.3) is 0 Å². The van der Waals surface area contributed by atoms with Crippen LogP contribution in [0.1, 0.15) is 27.4 Å². The van der Waals surface area contributed by atoms with Crippen LogP contribution in [0.5, 0.6) is 0 Å². The standard InChI is InChI=1S/C17H12BrClFN3O3/c18-9-2-1-7(5-10(9)20)17-21-12-13(22-17)16(26)14(11(19)15(12)25)23-4-3-8(24)6-23/h1-2,5,8,24H,3-4,6H2,(H,21,22)/t8-/m0/s1. The fourth-order valence-corrected chi connectivity index (χ4v) is 3.68. The number of aromatic nitrogens is 2. The maximum absolute atomic E-state index is 13.8. The number of H-pyrrole nitrogens is 1. The highest BCUT2D eigenvalue weighted by molar-refractivity contribution is 9.10. The van der Waals surface area contributed by atoms with Crippen LogP contribution in [0.3, 0.4) is 0 Å². The number of rotatable bonds is 2. The fraction of sp³-hybridized carbons (Fsp3) is 0.235. The van der Waals surface area contributed by atoms with Gasteiger partial charge in [0.1, 0.15) is 33.8 Å². The number of imidazole rings is 1.